The van der Waals surface area contributed by atoms with Crippen LogP contribution in [0.1, 0.15) is 32.1 Å². The number of guanidine groups is 1. The summed E-state index contributed by atoms with van der Waals surface area (Å²) < 4.78 is 5.50. The Bertz CT molecular complexity index is 392. The van der Waals surface area contributed by atoms with E-state index in [1.807, 2.05) is 11.8 Å². The summed E-state index contributed by atoms with van der Waals surface area (Å²) in [6, 6.07) is 0. The van der Waals surface area contributed by atoms with E-state index in [0.29, 0.717) is 5.41 Å². The summed E-state index contributed by atoms with van der Waals surface area (Å²) in [5, 5.41) is 0. The number of aliphatic imine (C=N–C) groups is 1. The van der Waals surface area contributed by atoms with Crippen molar-refractivity contribution < 1.29 is 4.74 Å². The maximum absolute atomic E-state index is 6.29. The Hall–Kier alpha value is 0.270. The number of hydrogen-bond acceptors (Lipinski definition) is 4. The second-order valence-corrected chi connectivity index (χ2v) is 8.45. The van der Waals surface area contributed by atoms with E-state index in [1.165, 1.54) is 50.2 Å². The van der Waals surface area contributed by atoms with Gasteiger partial charge in [0.2, 0.25) is 0 Å². The molecule has 7 heteroatoms. The van der Waals surface area contributed by atoms with E-state index in [9.17, 15) is 0 Å². The molecule has 0 unspecified atom stereocenters. The number of rotatable bonds is 4. The zero-order valence-electron chi connectivity index (χ0n) is 14.8. The van der Waals surface area contributed by atoms with Crippen LogP contribution >= 0.6 is 35.7 Å². The van der Waals surface area contributed by atoms with Gasteiger partial charge in [0.25, 0.3) is 0 Å². The predicted molar refractivity (Wildman–Crippen MR) is 114 cm³/mol. The Morgan fingerprint density at radius 1 is 1.04 bits per heavy atom. The Kier molecular flexibility index (Phi) is 8.94. The highest BCUT2D eigenvalue weighted by molar-refractivity contribution is 14.0. The molecule has 2 N–H and O–H groups in total. The second kappa shape index (κ2) is 10.4. The average Bonchev–Trinajstić information content (AvgIpc) is 2.62. The van der Waals surface area contributed by atoms with Crippen molar-refractivity contribution in [2.75, 3.05) is 64.0 Å². The van der Waals surface area contributed by atoms with Crippen molar-refractivity contribution in [2.45, 2.75) is 32.1 Å². The summed E-state index contributed by atoms with van der Waals surface area (Å²) in [7, 11) is 0. The van der Waals surface area contributed by atoms with Crippen molar-refractivity contribution in [1.29, 1.82) is 0 Å². The second-order valence-electron chi connectivity index (χ2n) is 7.22. The van der Waals surface area contributed by atoms with Gasteiger partial charge in [0.05, 0.1) is 13.2 Å². The topological polar surface area (TPSA) is 54.1 Å². The van der Waals surface area contributed by atoms with Gasteiger partial charge in [-0.2, -0.15) is 11.8 Å². The molecule has 3 aliphatic rings. The van der Waals surface area contributed by atoms with Gasteiger partial charge < -0.3 is 15.4 Å². The highest BCUT2D eigenvalue weighted by Crippen LogP contribution is 2.37. The molecule has 0 amide bonds. The molecule has 1 saturated carbocycles. The lowest BCUT2D eigenvalue weighted by molar-refractivity contribution is 0.00934. The first-order valence-electron chi connectivity index (χ1n) is 9.20. The molecule has 0 aromatic rings. The minimum Gasteiger partial charge on any atom is -0.379 e. The fourth-order valence-corrected chi connectivity index (χ4v) is 4.95. The lowest BCUT2D eigenvalue weighted by Crippen LogP contribution is -2.47. The van der Waals surface area contributed by atoms with Crippen LogP contribution in [-0.4, -0.2) is 79.7 Å². The number of halogens is 1. The van der Waals surface area contributed by atoms with Crippen molar-refractivity contribution in [1.82, 2.24) is 9.80 Å². The molecule has 0 radical (unpaired) electrons. The van der Waals surface area contributed by atoms with Gasteiger partial charge in [0.15, 0.2) is 5.96 Å². The number of nitrogens with zero attached hydrogens (tertiary/aromatic N) is 3. The lowest BCUT2D eigenvalue weighted by Gasteiger charge is -2.41. The molecule has 2 heterocycles. The number of ether oxygens (including phenoxy) is 1. The molecule has 2 aliphatic heterocycles. The summed E-state index contributed by atoms with van der Waals surface area (Å²) in [4.78, 5) is 9.71. The molecule has 1 aliphatic carbocycles. The third kappa shape index (κ3) is 5.92. The first-order valence-corrected chi connectivity index (χ1v) is 10.4. The lowest BCUT2D eigenvalue weighted by atomic mass is 9.73. The van der Waals surface area contributed by atoms with Crippen LogP contribution in [0.4, 0.5) is 0 Å². The van der Waals surface area contributed by atoms with Gasteiger partial charge in [-0.15, -0.1) is 24.0 Å². The summed E-state index contributed by atoms with van der Waals surface area (Å²) in [5.41, 5.74) is 6.63. The zero-order chi connectivity index (χ0) is 16.0. The highest BCUT2D eigenvalue weighted by Gasteiger charge is 2.34. The van der Waals surface area contributed by atoms with Gasteiger partial charge in [-0.1, -0.05) is 19.3 Å². The Labute approximate surface area is 168 Å². The van der Waals surface area contributed by atoms with Crippen molar-refractivity contribution in [2.24, 2.45) is 16.1 Å². The molecule has 2 saturated heterocycles. The normalized spacial score (nSPS) is 26.0. The van der Waals surface area contributed by atoms with Crippen LogP contribution in [0.5, 0.6) is 0 Å². The van der Waals surface area contributed by atoms with Crippen molar-refractivity contribution in [3.05, 3.63) is 0 Å². The van der Waals surface area contributed by atoms with E-state index in [4.69, 9.17) is 15.5 Å². The van der Waals surface area contributed by atoms with E-state index in [-0.39, 0.29) is 24.0 Å². The monoisotopic (exact) mass is 468 g/mol. The first kappa shape index (κ1) is 20.6. The van der Waals surface area contributed by atoms with Gasteiger partial charge in [-0.05, 0) is 12.8 Å². The molecule has 5 nitrogen and oxygen atoms in total. The summed E-state index contributed by atoms with van der Waals surface area (Å²) in [6.45, 7) is 8.09. The smallest absolute Gasteiger partial charge is 0.191 e. The molecule has 0 aromatic carbocycles. The molecule has 0 spiro atoms. The predicted octanol–water partition coefficient (Wildman–Crippen LogP) is 2.25. The van der Waals surface area contributed by atoms with E-state index >= 15 is 0 Å². The number of morpholine rings is 1. The fraction of sp³-hybridized carbons (Fsp3) is 0.941. The van der Waals surface area contributed by atoms with Crippen LogP contribution in [0.3, 0.4) is 0 Å². The van der Waals surface area contributed by atoms with Crippen LogP contribution in [0.15, 0.2) is 4.99 Å². The number of nitrogens with two attached hydrogens (primary N) is 1. The maximum atomic E-state index is 6.29. The van der Waals surface area contributed by atoms with Gasteiger partial charge in [0, 0.05) is 56.2 Å². The molecule has 0 atom stereocenters. The van der Waals surface area contributed by atoms with Crippen molar-refractivity contribution in [3.63, 3.8) is 0 Å². The number of thioether (sulfide) groups is 1. The third-order valence-corrected chi connectivity index (χ3v) is 6.43. The summed E-state index contributed by atoms with van der Waals surface area (Å²) in [5.74, 6) is 3.13. The van der Waals surface area contributed by atoms with E-state index in [0.717, 1.165) is 51.9 Å². The largest absolute Gasteiger partial charge is 0.379 e. The molecule has 140 valence electrons. The van der Waals surface area contributed by atoms with Crippen LogP contribution < -0.4 is 5.73 Å². The maximum Gasteiger partial charge on any atom is 0.191 e. The molecule has 3 rings (SSSR count). The van der Waals surface area contributed by atoms with Gasteiger partial charge >= 0.3 is 0 Å². The summed E-state index contributed by atoms with van der Waals surface area (Å²) >= 11 is 2.01. The van der Waals surface area contributed by atoms with Gasteiger partial charge in [0.1, 0.15) is 0 Å². The van der Waals surface area contributed by atoms with Gasteiger partial charge in [-0.25, -0.2) is 0 Å². The SMILES string of the molecule is I.NC(=NCC1(CN2CCOCC2)CCCCC1)N1CCSCC1. The molecule has 3 fully saturated rings. The first-order chi connectivity index (χ1) is 11.3. The van der Waals surface area contributed by atoms with E-state index < -0.39 is 0 Å². The van der Waals surface area contributed by atoms with Crippen LogP contribution in [0, 0.1) is 5.41 Å². The third-order valence-electron chi connectivity index (χ3n) is 5.49. The average molecular weight is 468 g/mol. The number of hydrogen-bond donors (Lipinski definition) is 1. The standard InChI is InChI=1S/C17H32N4OS.HI/c18-16(21-8-12-23-13-9-21)19-14-17(4-2-1-3-5-17)15-20-6-10-22-11-7-20;/h1-15H2,(H2,18,19);1H. The van der Waals surface area contributed by atoms with E-state index in [1.54, 1.807) is 0 Å². The summed E-state index contributed by atoms with van der Waals surface area (Å²) in [6.07, 6.45) is 6.68. The van der Waals surface area contributed by atoms with E-state index in [2.05, 4.69) is 9.80 Å². The molecular formula is C17H33IN4OS. The molecule has 0 bridgehead atoms. The van der Waals surface area contributed by atoms with Crippen LogP contribution in [0.25, 0.3) is 0 Å². The minimum absolute atomic E-state index is 0. The highest BCUT2D eigenvalue weighted by atomic mass is 127. The fourth-order valence-electron chi connectivity index (χ4n) is 4.04. The van der Waals surface area contributed by atoms with Crippen molar-refractivity contribution in [3.8, 4) is 0 Å². The van der Waals surface area contributed by atoms with Crippen LogP contribution in [-0.2, 0) is 4.74 Å². The molecule has 0 aromatic heterocycles. The Morgan fingerprint density at radius 2 is 1.71 bits per heavy atom. The Morgan fingerprint density at radius 3 is 2.38 bits per heavy atom. The Balaban J connectivity index is 0.00000208. The van der Waals surface area contributed by atoms with Crippen LogP contribution in [0.2, 0.25) is 0 Å². The van der Waals surface area contributed by atoms with Crippen molar-refractivity contribution >= 4 is 41.7 Å². The molecule has 24 heavy (non-hydrogen) atoms. The quantitative estimate of drug-likeness (QED) is 0.390. The molecular weight excluding hydrogens is 435 g/mol. The zero-order valence-corrected chi connectivity index (χ0v) is 17.9. The minimum atomic E-state index is 0. The van der Waals surface area contributed by atoms with Gasteiger partial charge in [-0.3, -0.25) is 9.89 Å².